The summed E-state index contributed by atoms with van der Waals surface area (Å²) in [6, 6.07) is 32.9. The molecule has 4 aromatic carbocycles. The third-order valence-electron chi connectivity index (χ3n) is 7.87. The average molecular weight is 555 g/mol. The fourth-order valence-electron chi connectivity index (χ4n) is 5.88. The molecule has 0 fully saturated rings. The van der Waals surface area contributed by atoms with E-state index in [4.69, 9.17) is 14.1 Å². The molecule has 0 N–H and O–H groups in total. The molecule has 0 aliphatic heterocycles. The van der Waals surface area contributed by atoms with E-state index < -0.39 is 6.85 Å². The molecule has 0 atom stereocenters. The third kappa shape index (κ3) is 4.25. The van der Waals surface area contributed by atoms with E-state index in [9.17, 15) is 0 Å². The highest BCUT2D eigenvalue weighted by Gasteiger charge is 2.24. The summed E-state index contributed by atoms with van der Waals surface area (Å²) < 4.78 is 28.1. The monoisotopic (exact) mass is 554 g/mol. The van der Waals surface area contributed by atoms with Crippen LogP contribution < -0.4 is 0 Å². The van der Waals surface area contributed by atoms with Gasteiger partial charge in [0, 0.05) is 30.7 Å². The minimum Gasteiger partial charge on any atom is -0.292 e. The molecule has 0 bridgehead atoms. The normalized spacial score (nSPS) is 13.4. The van der Waals surface area contributed by atoms with E-state index in [0.717, 1.165) is 70.8 Å². The lowest BCUT2D eigenvalue weighted by Crippen LogP contribution is -2.09. The number of para-hydroxylation sites is 2. The van der Waals surface area contributed by atoms with Crippen molar-refractivity contribution in [3.8, 4) is 28.3 Å². The second-order valence-electron chi connectivity index (χ2n) is 11.3. The van der Waals surface area contributed by atoms with Gasteiger partial charge in [0.05, 0.1) is 22.4 Å². The van der Waals surface area contributed by atoms with E-state index in [1.165, 1.54) is 0 Å². The SMILES string of the molecule is [2H]C([2H])([2H])c1cc(C(C)C)c(-n2c(-c3cccc4c3sc3nc(-c5ccccc5)ccc34)nc3ccccc32)c(C(C)C)c1. The maximum atomic E-state index is 8.22. The maximum Gasteiger partial charge on any atom is 0.147 e. The van der Waals surface area contributed by atoms with Gasteiger partial charge in [-0.05, 0) is 60.1 Å². The Labute approximate surface area is 249 Å². The average Bonchev–Trinajstić information content (AvgIpc) is 3.58. The highest BCUT2D eigenvalue weighted by molar-refractivity contribution is 7.26. The van der Waals surface area contributed by atoms with Gasteiger partial charge in [-0.3, -0.25) is 4.57 Å². The Hall–Kier alpha value is -4.28. The molecule has 0 aliphatic carbocycles. The van der Waals surface area contributed by atoms with Gasteiger partial charge in [0.25, 0.3) is 0 Å². The summed E-state index contributed by atoms with van der Waals surface area (Å²) in [5.41, 5.74) is 8.39. The van der Waals surface area contributed by atoms with Crippen molar-refractivity contribution in [2.45, 2.75) is 46.4 Å². The smallest absolute Gasteiger partial charge is 0.147 e. The van der Waals surface area contributed by atoms with Crippen LogP contribution in [-0.2, 0) is 0 Å². The van der Waals surface area contributed by atoms with Gasteiger partial charge < -0.3 is 0 Å². The van der Waals surface area contributed by atoms with Crippen molar-refractivity contribution in [2.24, 2.45) is 0 Å². The van der Waals surface area contributed by atoms with E-state index in [-0.39, 0.29) is 11.8 Å². The minimum absolute atomic E-state index is 0.0968. The van der Waals surface area contributed by atoms with Crippen LogP contribution in [0.15, 0.2) is 97.1 Å². The summed E-state index contributed by atoms with van der Waals surface area (Å²) in [5.74, 6) is 1.04. The zero-order valence-corrected chi connectivity index (χ0v) is 24.5. The van der Waals surface area contributed by atoms with Gasteiger partial charge in [-0.1, -0.05) is 100.0 Å². The van der Waals surface area contributed by atoms with Gasteiger partial charge in [-0.2, -0.15) is 0 Å². The quantitative estimate of drug-likeness (QED) is 0.212. The van der Waals surface area contributed by atoms with Gasteiger partial charge in [0.1, 0.15) is 10.7 Å². The molecule has 0 amide bonds. The number of aromatic nitrogens is 3. The van der Waals surface area contributed by atoms with Crippen LogP contribution in [0.25, 0.3) is 59.7 Å². The molecule has 0 aliphatic rings. The molecular weight excluding hydrogens is 518 g/mol. The summed E-state index contributed by atoms with van der Waals surface area (Å²) in [7, 11) is 0. The molecule has 3 aromatic heterocycles. The van der Waals surface area contributed by atoms with Crippen LogP contribution in [0, 0.1) is 6.85 Å². The van der Waals surface area contributed by atoms with Crippen molar-refractivity contribution < 1.29 is 4.11 Å². The van der Waals surface area contributed by atoms with E-state index in [0.29, 0.717) is 5.56 Å². The van der Waals surface area contributed by atoms with Crippen LogP contribution in [0.5, 0.6) is 0 Å². The minimum atomic E-state index is -2.19. The predicted molar refractivity (Wildman–Crippen MR) is 176 cm³/mol. The third-order valence-corrected chi connectivity index (χ3v) is 9.02. The molecule has 7 rings (SSSR count). The first kappa shape index (κ1) is 22.4. The van der Waals surface area contributed by atoms with Crippen molar-refractivity contribution in [1.82, 2.24) is 14.5 Å². The van der Waals surface area contributed by atoms with Gasteiger partial charge in [0.15, 0.2) is 0 Å². The molecule has 202 valence electrons. The molecule has 0 radical (unpaired) electrons. The number of rotatable bonds is 5. The molecule has 4 heteroatoms. The molecular formula is C37H33N3S. The Balaban J connectivity index is 1.54. The summed E-state index contributed by atoms with van der Waals surface area (Å²) >= 11 is 1.69. The Morgan fingerprint density at radius 2 is 1.46 bits per heavy atom. The molecule has 7 aromatic rings. The topological polar surface area (TPSA) is 30.7 Å². The highest BCUT2D eigenvalue weighted by Crippen LogP contribution is 2.43. The van der Waals surface area contributed by atoms with Crippen LogP contribution in [0.4, 0.5) is 0 Å². The number of thiophene rings is 1. The van der Waals surface area contributed by atoms with E-state index in [2.05, 4.69) is 86.9 Å². The fourth-order valence-corrected chi connectivity index (χ4v) is 7.06. The standard InChI is InChI=1S/C37H33N3S/c1-22(2)29-20-24(5)21-30(23(3)4)34(29)40-33-17-10-9-16-32(33)38-36(40)28-15-11-14-26-27-18-19-31(25-12-7-6-8-13-25)39-37(27)41-35(26)28/h6-23H,1-5H3/i5D3. The summed E-state index contributed by atoms with van der Waals surface area (Å²) in [6.45, 7) is 6.34. The van der Waals surface area contributed by atoms with Gasteiger partial charge in [-0.25, -0.2) is 9.97 Å². The second-order valence-corrected chi connectivity index (χ2v) is 12.3. The van der Waals surface area contributed by atoms with Crippen LogP contribution in [-0.4, -0.2) is 14.5 Å². The van der Waals surface area contributed by atoms with E-state index in [1.807, 2.05) is 42.5 Å². The molecule has 41 heavy (non-hydrogen) atoms. The summed E-state index contributed by atoms with van der Waals surface area (Å²) in [4.78, 5) is 11.3. The van der Waals surface area contributed by atoms with Crippen molar-refractivity contribution in [2.75, 3.05) is 0 Å². The predicted octanol–water partition coefficient (Wildman–Crippen LogP) is 10.7. The Bertz CT molecular complexity index is 2140. The molecule has 0 unspecified atom stereocenters. The van der Waals surface area contributed by atoms with Crippen molar-refractivity contribution in [1.29, 1.82) is 0 Å². The number of benzene rings is 4. The number of aryl methyl sites for hydroxylation is 1. The molecule has 0 saturated heterocycles. The van der Waals surface area contributed by atoms with Gasteiger partial charge in [0.2, 0.25) is 0 Å². The first-order valence-corrected chi connectivity index (χ1v) is 15.0. The van der Waals surface area contributed by atoms with Gasteiger partial charge in [-0.15, -0.1) is 11.3 Å². The maximum absolute atomic E-state index is 8.22. The first-order valence-electron chi connectivity index (χ1n) is 15.7. The summed E-state index contributed by atoms with van der Waals surface area (Å²) in [5, 5.41) is 2.28. The molecule has 3 heterocycles. The number of hydrogen-bond acceptors (Lipinski definition) is 3. The van der Waals surface area contributed by atoms with Crippen LogP contribution in [0.3, 0.4) is 0 Å². The lowest BCUT2D eigenvalue weighted by atomic mass is 9.90. The first-order chi connectivity index (χ1) is 21.1. The van der Waals surface area contributed by atoms with E-state index in [1.54, 1.807) is 11.3 Å². The van der Waals surface area contributed by atoms with Gasteiger partial charge >= 0.3 is 0 Å². The van der Waals surface area contributed by atoms with Crippen LogP contribution in [0.2, 0.25) is 0 Å². The zero-order chi connectivity index (χ0) is 30.7. The highest BCUT2D eigenvalue weighted by atomic mass is 32.1. The van der Waals surface area contributed by atoms with Crippen LogP contribution >= 0.6 is 11.3 Å². The molecule has 0 saturated carbocycles. The zero-order valence-electron chi connectivity index (χ0n) is 26.6. The number of pyridine rings is 1. The summed E-state index contributed by atoms with van der Waals surface area (Å²) in [6.07, 6.45) is 0. The Kier molecular flexibility index (Phi) is 5.45. The fraction of sp³-hybridized carbons (Fsp3) is 0.189. The number of imidazole rings is 1. The Morgan fingerprint density at radius 3 is 2.20 bits per heavy atom. The number of hydrogen-bond donors (Lipinski definition) is 0. The second kappa shape index (κ2) is 9.97. The number of nitrogens with zero attached hydrogens (tertiary/aromatic N) is 3. The van der Waals surface area contributed by atoms with E-state index >= 15 is 0 Å². The van der Waals surface area contributed by atoms with Crippen LogP contribution in [0.1, 0.15) is 60.3 Å². The number of fused-ring (bicyclic) bond motifs is 4. The molecule has 0 spiro atoms. The lowest BCUT2D eigenvalue weighted by Gasteiger charge is -2.23. The molecule has 3 nitrogen and oxygen atoms in total. The van der Waals surface area contributed by atoms with Crippen molar-refractivity contribution in [3.05, 3.63) is 114 Å². The van der Waals surface area contributed by atoms with Crippen molar-refractivity contribution in [3.63, 3.8) is 0 Å². The van der Waals surface area contributed by atoms with Crippen molar-refractivity contribution >= 4 is 42.7 Å². The largest absolute Gasteiger partial charge is 0.292 e. The Morgan fingerprint density at radius 1 is 0.732 bits per heavy atom. The lowest BCUT2D eigenvalue weighted by molar-refractivity contribution is 0.808.